The molecule has 0 saturated heterocycles. The van der Waals surface area contributed by atoms with Gasteiger partial charge in [-0.2, -0.15) is 5.10 Å². The average molecular weight is 409 g/mol. The summed E-state index contributed by atoms with van der Waals surface area (Å²) in [7, 11) is 3.16. The first-order valence-corrected chi connectivity index (χ1v) is 9.82. The van der Waals surface area contributed by atoms with Gasteiger partial charge in [0.2, 0.25) is 0 Å². The first kappa shape index (κ1) is 21.4. The van der Waals surface area contributed by atoms with E-state index in [4.69, 9.17) is 14.2 Å². The SMILES string of the molecule is CCCOC(C(=O)Nc1ccnn1-c1ccc(OC)c(OC)c1)c1ccc(C)cc1. The Bertz CT molecular complexity index is 982. The maximum Gasteiger partial charge on any atom is 0.259 e. The lowest BCUT2D eigenvalue weighted by Crippen LogP contribution is -2.25. The van der Waals surface area contributed by atoms with Crippen molar-refractivity contribution in [2.45, 2.75) is 26.4 Å². The second kappa shape index (κ2) is 9.93. The summed E-state index contributed by atoms with van der Waals surface area (Å²) < 4.78 is 18.2. The van der Waals surface area contributed by atoms with Gasteiger partial charge < -0.3 is 19.5 Å². The number of ether oxygens (including phenoxy) is 3. The molecular formula is C23H27N3O4. The third kappa shape index (κ3) is 4.80. The molecule has 0 saturated carbocycles. The highest BCUT2D eigenvalue weighted by molar-refractivity contribution is 5.94. The molecule has 0 aliphatic rings. The van der Waals surface area contributed by atoms with Crippen LogP contribution in [0.25, 0.3) is 5.69 Å². The van der Waals surface area contributed by atoms with Crippen molar-refractivity contribution in [2.75, 3.05) is 26.1 Å². The zero-order chi connectivity index (χ0) is 21.5. The second-order valence-corrected chi connectivity index (χ2v) is 6.82. The van der Waals surface area contributed by atoms with E-state index in [9.17, 15) is 4.79 Å². The Kier molecular flexibility index (Phi) is 7.08. The van der Waals surface area contributed by atoms with Crippen LogP contribution in [-0.4, -0.2) is 36.5 Å². The van der Waals surface area contributed by atoms with Gasteiger partial charge in [0.05, 0.1) is 26.1 Å². The molecule has 0 spiro atoms. The van der Waals surface area contributed by atoms with E-state index in [2.05, 4.69) is 10.4 Å². The molecule has 0 bridgehead atoms. The standard InChI is InChI=1S/C23H27N3O4/c1-5-14-30-22(17-8-6-16(2)7-9-17)23(27)25-21-12-13-24-26(21)18-10-11-19(28-3)20(15-18)29-4/h6-13,15,22H,5,14H2,1-4H3,(H,25,27). The predicted octanol–water partition coefficient (Wildman–Crippen LogP) is 4.30. The second-order valence-electron chi connectivity index (χ2n) is 6.82. The molecule has 1 amide bonds. The molecule has 158 valence electrons. The first-order chi connectivity index (χ1) is 14.6. The van der Waals surface area contributed by atoms with Crippen LogP contribution in [0, 0.1) is 6.92 Å². The van der Waals surface area contributed by atoms with Crippen molar-refractivity contribution in [3.63, 3.8) is 0 Å². The molecule has 1 unspecified atom stereocenters. The minimum absolute atomic E-state index is 0.255. The topological polar surface area (TPSA) is 74.6 Å². The fraction of sp³-hybridized carbons (Fsp3) is 0.304. The van der Waals surface area contributed by atoms with Crippen LogP contribution in [0.15, 0.2) is 54.7 Å². The third-order valence-electron chi connectivity index (χ3n) is 4.61. The minimum Gasteiger partial charge on any atom is -0.493 e. The van der Waals surface area contributed by atoms with Gasteiger partial charge in [0.25, 0.3) is 5.91 Å². The number of hydrogen-bond donors (Lipinski definition) is 1. The first-order valence-electron chi connectivity index (χ1n) is 9.82. The summed E-state index contributed by atoms with van der Waals surface area (Å²) in [4.78, 5) is 13.1. The van der Waals surface area contributed by atoms with Crippen molar-refractivity contribution in [1.29, 1.82) is 0 Å². The van der Waals surface area contributed by atoms with E-state index in [1.165, 1.54) is 0 Å². The largest absolute Gasteiger partial charge is 0.493 e. The maximum atomic E-state index is 13.1. The molecule has 0 fully saturated rings. The highest BCUT2D eigenvalue weighted by Gasteiger charge is 2.23. The molecule has 0 aliphatic carbocycles. The smallest absolute Gasteiger partial charge is 0.259 e. The number of aromatic nitrogens is 2. The van der Waals surface area contributed by atoms with Gasteiger partial charge in [-0.3, -0.25) is 4.79 Å². The van der Waals surface area contributed by atoms with Crippen molar-refractivity contribution in [1.82, 2.24) is 9.78 Å². The minimum atomic E-state index is -0.709. The van der Waals surface area contributed by atoms with Crippen LogP contribution in [0.5, 0.6) is 11.5 Å². The quantitative estimate of drug-likeness (QED) is 0.570. The van der Waals surface area contributed by atoms with Crippen molar-refractivity contribution in [3.05, 3.63) is 65.9 Å². The number of methoxy groups -OCH3 is 2. The van der Waals surface area contributed by atoms with Crippen LogP contribution in [0.2, 0.25) is 0 Å². The van der Waals surface area contributed by atoms with E-state index in [0.29, 0.717) is 23.9 Å². The Morgan fingerprint density at radius 2 is 1.80 bits per heavy atom. The van der Waals surface area contributed by atoms with Gasteiger partial charge in [-0.25, -0.2) is 4.68 Å². The van der Waals surface area contributed by atoms with Gasteiger partial charge in [0.1, 0.15) is 5.82 Å². The van der Waals surface area contributed by atoms with Gasteiger partial charge in [-0.15, -0.1) is 0 Å². The summed E-state index contributed by atoms with van der Waals surface area (Å²) in [5, 5.41) is 7.28. The normalized spacial score (nSPS) is 11.7. The van der Waals surface area contributed by atoms with E-state index in [-0.39, 0.29) is 5.91 Å². The van der Waals surface area contributed by atoms with Gasteiger partial charge in [0.15, 0.2) is 17.6 Å². The van der Waals surface area contributed by atoms with Crippen LogP contribution < -0.4 is 14.8 Å². The fourth-order valence-electron chi connectivity index (χ4n) is 3.05. The highest BCUT2D eigenvalue weighted by atomic mass is 16.5. The number of anilines is 1. The number of carbonyl (C=O) groups excluding carboxylic acids is 1. The van der Waals surface area contributed by atoms with Crippen LogP contribution in [-0.2, 0) is 9.53 Å². The van der Waals surface area contributed by atoms with Crippen molar-refractivity contribution < 1.29 is 19.0 Å². The molecule has 0 radical (unpaired) electrons. The lowest BCUT2D eigenvalue weighted by Gasteiger charge is -2.19. The van der Waals surface area contributed by atoms with E-state index in [0.717, 1.165) is 23.2 Å². The zero-order valence-electron chi connectivity index (χ0n) is 17.7. The van der Waals surface area contributed by atoms with Crippen molar-refractivity contribution >= 4 is 11.7 Å². The van der Waals surface area contributed by atoms with Crippen LogP contribution in [0.4, 0.5) is 5.82 Å². The summed E-state index contributed by atoms with van der Waals surface area (Å²) in [5.41, 5.74) is 2.66. The lowest BCUT2D eigenvalue weighted by molar-refractivity contribution is -0.127. The molecule has 1 N–H and O–H groups in total. The molecule has 1 heterocycles. The fourth-order valence-corrected chi connectivity index (χ4v) is 3.05. The van der Waals surface area contributed by atoms with Gasteiger partial charge in [-0.1, -0.05) is 36.8 Å². The molecule has 1 aromatic heterocycles. The van der Waals surface area contributed by atoms with E-state index >= 15 is 0 Å². The van der Waals surface area contributed by atoms with E-state index in [1.54, 1.807) is 43.3 Å². The number of nitrogens with zero attached hydrogens (tertiary/aromatic N) is 2. The van der Waals surface area contributed by atoms with Crippen LogP contribution in [0.3, 0.4) is 0 Å². The summed E-state index contributed by atoms with van der Waals surface area (Å²) in [6.07, 6.45) is 1.73. The predicted molar refractivity (Wildman–Crippen MR) is 115 cm³/mol. The summed E-state index contributed by atoms with van der Waals surface area (Å²) in [5.74, 6) is 1.47. The third-order valence-corrected chi connectivity index (χ3v) is 4.61. The Morgan fingerprint density at radius 1 is 1.07 bits per heavy atom. The van der Waals surface area contributed by atoms with Crippen molar-refractivity contribution in [3.8, 4) is 17.2 Å². The number of amides is 1. The lowest BCUT2D eigenvalue weighted by atomic mass is 10.1. The Morgan fingerprint density at radius 3 is 2.47 bits per heavy atom. The van der Waals surface area contributed by atoms with Gasteiger partial charge >= 0.3 is 0 Å². The molecule has 1 atom stereocenters. The van der Waals surface area contributed by atoms with E-state index < -0.39 is 6.10 Å². The number of aryl methyl sites for hydroxylation is 1. The number of benzene rings is 2. The Balaban J connectivity index is 1.86. The molecule has 7 nitrogen and oxygen atoms in total. The van der Waals surface area contributed by atoms with Gasteiger partial charge in [0, 0.05) is 18.7 Å². The molecular weight excluding hydrogens is 382 g/mol. The van der Waals surface area contributed by atoms with Crippen molar-refractivity contribution in [2.24, 2.45) is 0 Å². The molecule has 3 aromatic rings. The molecule has 0 aliphatic heterocycles. The summed E-state index contributed by atoms with van der Waals surface area (Å²) >= 11 is 0. The molecule has 7 heteroatoms. The number of rotatable bonds is 9. The molecule has 2 aromatic carbocycles. The Hall–Kier alpha value is -3.32. The Labute approximate surface area is 176 Å². The maximum absolute atomic E-state index is 13.1. The van der Waals surface area contributed by atoms with E-state index in [1.807, 2.05) is 44.2 Å². The van der Waals surface area contributed by atoms with Gasteiger partial charge in [-0.05, 0) is 31.0 Å². The zero-order valence-corrected chi connectivity index (χ0v) is 17.7. The summed E-state index contributed by atoms with van der Waals surface area (Å²) in [6, 6.07) is 14.9. The molecule has 3 rings (SSSR count). The number of nitrogens with one attached hydrogen (secondary N) is 1. The molecule has 30 heavy (non-hydrogen) atoms. The monoisotopic (exact) mass is 409 g/mol. The highest BCUT2D eigenvalue weighted by Crippen LogP contribution is 2.30. The average Bonchev–Trinajstić information content (AvgIpc) is 3.22. The number of hydrogen-bond acceptors (Lipinski definition) is 5. The van der Waals surface area contributed by atoms with Crippen LogP contribution >= 0.6 is 0 Å². The number of carbonyl (C=O) groups is 1. The summed E-state index contributed by atoms with van der Waals surface area (Å²) in [6.45, 7) is 4.50. The van der Waals surface area contributed by atoms with Crippen LogP contribution in [0.1, 0.15) is 30.6 Å².